The number of aryl methyl sites for hydroxylation is 2. The summed E-state index contributed by atoms with van der Waals surface area (Å²) in [5.41, 5.74) is 0.280. The Morgan fingerprint density at radius 1 is 1.05 bits per heavy atom. The molecule has 44 heavy (non-hydrogen) atoms. The van der Waals surface area contributed by atoms with Crippen molar-refractivity contribution in [2.75, 3.05) is 25.0 Å². The molecule has 236 valence electrons. The van der Waals surface area contributed by atoms with Crippen molar-refractivity contribution in [1.82, 2.24) is 19.6 Å². The summed E-state index contributed by atoms with van der Waals surface area (Å²) in [6, 6.07) is 8.68. The van der Waals surface area contributed by atoms with E-state index in [-0.39, 0.29) is 40.1 Å². The zero-order chi connectivity index (χ0) is 32.2. The van der Waals surface area contributed by atoms with Crippen molar-refractivity contribution in [2.24, 2.45) is 0 Å². The van der Waals surface area contributed by atoms with Gasteiger partial charge in [0.1, 0.15) is 17.2 Å². The van der Waals surface area contributed by atoms with Crippen molar-refractivity contribution in [2.45, 2.75) is 64.9 Å². The summed E-state index contributed by atoms with van der Waals surface area (Å²) in [5.74, 6) is 0.975. The number of methoxy groups -OCH3 is 1. The van der Waals surface area contributed by atoms with Gasteiger partial charge in [0.15, 0.2) is 29.4 Å². The number of H-pyrrole nitrogens is 1. The Morgan fingerprint density at radius 2 is 1.77 bits per heavy atom. The quantitative estimate of drug-likeness (QED) is 0.217. The van der Waals surface area contributed by atoms with Gasteiger partial charge in [0.25, 0.3) is 15.6 Å². The Bertz CT molecular complexity index is 1840. The van der Waals surface area contributed by atoms with Crippen LogP contribution < -0.4 is 24.5 Å². The largest absolute Gasteiger partial charge is 0.493 e. The number of anilines is 1. The molecule has 0 unspecified atom stereocenters. The van der Waals surface area contributed by atoms with Gasteiger partial charge < -0.3 is 23.9 Å². The first-order chi connectivity index (χ1) is 20.8. The minimum absolute atomic E-state index is 0.0986. The van der Waals surface area contributed by atoms with E-state index >= 15 is 0 Å². The number of carbonyl (C=O) groups excluding carboxylic acids is 1. The van der Waals surface area contributed by atoms with Crippen LogP contribution in [0.15, 0.2) is 46.1 Å². The molecule has 4 aromatic rings. The second-order valence-corrected chi connectivity index (χ2v) is 12.5. The first-order valence-electron chi connectivity index (χ1n) is 14.1. The number of aromatic nitrogens is 4. The molecule has 0 aliphatic carbocycles. The van der Waals surface area contributed by atoms with Crippen LogP contribution in [0.4, 0.5) is 5.69 Å². The number of ether oxygens (including phenoxy) is 4. The van der Waals surface area contributed by atoms with Crippen LogP contribution in [0.2, 0.25) is 0 Å². The summed E-state index contributed by atoms with van der Waals surface area (Å²) in [6.07, 6.45) is 1.41. The van der Waals surface area contributed by atoms with E-state index in [1.54, 1.807) is 34.6 Å². The average molecular weight is 628 g/mol. The van der Waals surface area contributed by atoms with Crippen LogP contribution in [0.3, 0.4) is 0 Å². The molecule has 0 aliphatic heterocycles. The van der Waals surface area contributed by atoms with Crippen LogP contribution in [0.5, 0.6) is 17.2 Å². The molecule has 0 aliphatic rings. The van der Waals surface area contributed by atoms with E-state index in [1.807, 2.05) is 6.92 Å². The fourth-order valence-electron chi connectivity index (χ4n) is 4.46. The van der Waals surface area contributed by atoms with Gasteiger partial charge in [-0.25, -0.2) is 22.7 Å². The molecule has 14 heteroatoms. The number of fused-ring (bicyclic) bond motifs is 1. The normalized spacial score (nSPS) is 11.8. The Labute approximate surface area is 255 Å². The van der Waals surface area contributed by atoms with Crippen LogP contribution in [0.1, 0.15) is 52.6 Å². The van der Waals surface area contributed by atoms with Crippen LogP contribution in [-0.2, 0) is 26.0 Å². The maximum atomic E-state index is 13.5. The third-order valence-electron chi connectivity index (χ3n) is 6.21. The number of aromatic amines is 1. The second-order valence-electron chi connectivity index (χ2n) is 10.9. The molecule has 0 saturated carbocycles. The van der Waals surface area contributed by atoms with Gasteiger partial charge in [0.05, 0.1) is 35.6 Å². The van der Waals surface area contributed by atoms with Gasteiger partial charge in [-0.15, -0.1) is 5.10 Å². The van der Waals surface area contributed by atoms with Crippen molar-refractivity contribution in [1.29, 1.82) is 0 Å². The van der Waals surface area contributed by atoms with Gasteiger partial charge in [-0.1, -0.05) is 6.92 Å². The maximum absolute atomic E-state index is 13.5. The SMILES string of the molecule is CCCc1nc(C)c2c(=O)[nH]c(-c3cc(S(=O)(=O)Nc4ccc(OCC(=O)OC(C)(C)C)c(OC)c4)ccc3OCC)nn12. The molecule has 0 radical (unpaired) electrons. The lowest BCUT2D eigenvalue weighted by molar-refractivity contribution is -0.157. The number of nitrogens with one attached hydrogen (secondary N) is 2. The fourth-order valence-corrected chi connectivity index (χ4v) is 5.53. The second kappa shape index (κ2) is 13.0. The van der Waals surface area contributed by atoms with Crippen molar-refractivity contribution >= 4 is 27.2 Å². The lowest BCUT2D eigenvalue weighted by atomic mass is 10.2. The molecule has 0 amide bonds. The zero-order valence-corrected chi connectivity index (χ0v) is 26.6. The molecular formula is C30H37N5O8S. The smallest absolute Gasteiger partial charge is 0.344 e. The third-order valence-corrected chi connectivity index (χ3v) is 7.59. The number of esters is 1. The number of benzene rings is 2. The van der Waals surface area contributed by atoms with Gasteiger partial charge in [0.2, 0.25) is 0 Å². The predicted octanol–water partition coefficient (Wildman–Crippen LogP) is 4.27. The molecule has 0 saturated heterocycles. The van der Waals surface area contributed by atoms with Crippen molar-refractivity contribution in [3.8, 4) is 28.6 Å². The van der Waals surface area contributed by atoms with Gasteiger partial charge in [-0.2, -0.15) is 0 Å². The Balaban J connectivity index is 1.66. The first kappa shape index (κ1) is 32.3. The summed E-state index contributed by atoms with van der Waals surface area (Å²) in [6.45, 7) is 10.7. The highest BCUT2D eigenvalue weighted by atomic mass is 32.2. The van der Waals surface area contributed by atoms with Crippen LogP contribution in [-0.4, -0.2) is 59.9 Å². The van der Waals surface area contributed by atoms with E-state index in [0.717, 1.165) is 6.42 Å². The Morgan fingerprint density at radius 3 is 2.43 bits per heavy atom. The summed E-state index contributed by atoms with van der Waals surface area (Å²) < 4.78 is 53.0. The van der Waals surface area contributed by atoms with Gasteiger partial charge in [0, 0.05) is 12.5 Å². The molecule has 4 rings (SSSR count). The minimum Gasteiger partial charge on any atom is -0.493 e. The summed E-state index contributed by atoms with van der Waals surface area (Å²) in [7, 11) is -2.75. The summed E-state index contributed by atoms with van der Waals surface area (Å²) in [4.78, 5) is 32.3. The number of imidazole rings is 1. The van der Waals surface area contributed by atoms with Crippen molar-refractivity contribution in [3.05, 3.63) is 58.3 Å². The summed E-state index contributed by atoms with van der Waals surface area (Å²) in [5, 5.41) is 4.62. The van der Waals surface area contributed by atoms with Gasteiger partial charge in [-0.3, -0.25) is 9.52 Å². The number of sulfonamides is 1. The highest BCUT2D eigenvalue weighted by Gasteiger charge is 2.22. The first-order valence-corrected chi connectivity index (χ1v) is 15.6. The van der Waals surface area contributed by atoms with E-state index in [2.05, 4.69) is 19.8 Å². The molecule has 0 atom stereocenters. The van der Waals surface area contributed by atoms with Gasteiger partial charge >= 0.3 is 5.97 Å². The molecule has 2 N–H and O–H groups in total. The monoisotopic (exact) mass is 627 g/mol. The van der Waals surface area contributed by atoms with Crippen LogP contribution in [0, 0.1) is 6.92 Å². The lowest BCUT2D eigenvalue weighted by Gasteiger charge is -2.20. The molecule has 13 nitrogen and oxygen atoms in total. The molecule has 0 spiro atoms. The van der Waals surface area contributed by atoms with Gasteiger partial charge in [-0.05, 0) is 71.4 Å². The Kier molecular flexibility index (Phi) is 9.52. The zero-order valence-electron chi connectivity index (χ0n) is 25.8. The van der Waals surface area contributed by atoms with Crippen LogP contribution in [0.25, 0.3) is 16.9 Å². The molecule has 2 heterocycles. The highest BCUT2D eigenvalue weighted by Crippen LogP contribution is 2.33. The van der Waals surface area contributed by atoms with E-state index in [0.29, 0.717) is 35.8 Å². The molecule has 0 bridgehead atoms. The molecular weight excluding hydrogens is 590 g/mol. The molecule has 2 aromatic heterocycles. The molecule has 2 aromatic carbocycles. The molecule has 0 fully saturated rings. The summed E-state index contributed by atoms with van der Waals surface area (Å²) >= 11 is 0. The fraction of sp³-hybridized carbons (Fsp3) is 0.400. The highest BCUT2D eigenvalue weighted by molar-refractivity contribution is 7.92. The average Bonchev–Trinajstić information content (AvgIpc) is 3.26. The lowest BCUT2D eigenvalue weighted by Crippen LogP contribution is -2.27. The minimum atomic E-state index is -4.14. The van der Waals surface area contributed by atoms with Crippen molar-refractivity contribution in [3.63, 3.8) is 0 Å². The number of hydrogen-bond donors (Lipinski definition) is 2. The van der Waals surface area contributed by atoms with Crippen molar-refractivity contribution < 1.29 is 32.2 Å². The Hall–Kier alpha value is -4.59. The van der Waals surface area contributed by atoms with Crippen LogP contribution >= 0.6 is 0 Å². The van der Waals surface area contributed by atoms with E-state index < -0.39 is 27.2 Å². The van der Waals surface area contributed by atoms with E-state index in [4.69, 9.17) is 18.9 Å². The number of rotatable bonds is 12. The predicted molar refractivity (Wildman–Crippen MR) is 164 cm³/mol. The number of carbonyl (C=O) groups is 1. The van der Waals surface area contributed by atoms with E-state index in [9.17, 15) is 18.0 Å². The van der Waals surface area contributed by atoms with E-state index in [1.165, 1.54) is 48.0 Å². The standard InChI is InChI=1S/C30H37N5O8S/c1-8-10-25-31-18(3)27-29(37)32-28(33-35(25)27)21-16-20(12-14-22(21)41-9-2)44(38,39)34-19-11-13-23(24(15-19)40-7)42-17-26(36)43-30(4,5)6/h11-16,34H,8-10,17H2,1-7H3,(H,32,33,37). The number of nitrogens with zero attached hydrogens (tertiary/aromatic N) is 3. The third kappa shape index (κ3) is 7.30. The number of hydrogen-bond acceptors (Lipinski definition) is 10. The topological polar surface area (TPSA) is 163 Å². The maximum Gasteiger partial charge on any atom is 0.344 e.